The molecule has 8 heteroatoms. The molecule has 4 rings (SSSR count). The van der Waals surface area contributed by atoms with Crippen molar-refractivity contribution in [3.63, 3.8) is 0 Å². The van der Waals surface area contributed by atoms with Crippen LogP contribution in [0.4, 0.5) is 4.39 Å². The van der Waals surface area contributed by atoms with Gasteiger partial charge in [0, 0.05) is 23.9 Å². The summed E-state index contributed by atoms with van der Waals surface area (Å²) < 4.78 is 18.9. The normalized spacial score (nSPS) is 18.4. The Bertz CT molecular complexity index is 1050. The van der Waals surface area contributed by atoms with Crippen molar-refractivity contribution in [3.05, 3.63) is 65.7 Å². The van der Waals surface area contributed by atoms with Gasteiger partial charge in [0.15, 0.2) is 0 Å². The van der Waals surface area contributed by atoms with Gasteiger partial charge in [0.05, 0.1) is 11.3 Å². The standard InChI is InChI=1S/C22H20FN5O2/c23-16-4-2-15(3-5-16)19-11-20(28-27-19)22(29)26-17-6-8-18(9-7-17)30-21-10-1-14(12-24)13-25-21/h1-5,10-11,13,17-18H,6-9H2,(H,26,29)(H,27,28). The predicted molar refractivity (Wildman–Crippen MR) is 107 cm³/mol. The van der Waals surface area contributed by atoms with Crippen molar-refractivity contribution in [2.75, 3.05) is 0 Å². The van der Waals surface area contributed by atoms with E-state index < -0.39 is 0 Å². The molecule has 0 aliphatic heterocycles. The average Bonchev–Trinajstić information content (AvgIpc) is 3.27. The van der Waals surface area contributed by atoms with E-state index in [0.717, 1.165) is 31.2 Å². The maximum absolute atomic E-state index is 13.1. The van der Waals surface area contributed by atoms with Crippen molar-refractivity contribution in [1.82, 2.24) is 20.5 Å². The molecular formula is C22H20FN5O2. The van der Waals surface area contributed by atoms with Gasteiger partial charge in [0.2, 0.25) is 5.88 Å². The smallest absolute Gasteiger partial charge is 0.269 e. The Kier molecular flexibility index (Phi) is 5.70. The first-order chi connectivity index (χ1) is 14.6. The molecule has 7 nitrogen and oxygen atoms in total. The molecule has 0 spiro atoms. The highest BCUT2D eigenvalue weighted by Gasteiger charge is 2.25. The Hall–Kier alpha value is -3.73. The van der Waals surface area contributed by atoms with Crippen LogP contribution in [0.1, 0.15) is 41.7 Å². The van der Waals surface area contributed by atoms with Crippen LogP contribution in [0.3, 0.4) is 0 Å². The molecule has 0 atom stereocenters. The molecule has 0 saturated heterocycles. The fraction of sp³-hybridized carbons (Fsp3) is 0.273. The van der Waals surface area contributed by atoms with Crippen molar-refractivity contribution in [2.45, 2.75) is 37.8 Å². The first-order valence-electron chi connectivity index (χ1n) is 9.76. The van der Waals surface area contributed by atoms with E-state index in [-0.39, 0.29) is 23.9 Å². The van der Waals surface area contributed by atoms with Crippen LogP contribution in [0.5, 0.6) is 5.88 Å². The average molecular weight is 405 g/mol. The minimum atomic E-state index is -0.318. The zero-order valence-corrected chi connectivity index (χ0v) is 16.1. The lowest BCUT2D eigenvalue weighted by Gasteiger charge is -2.29. The summed E-state index contributed by atoms with van der Waals surface area (Å²) >= 11 is 0. The summed E-state index contributed by atoms with van der Waals surface area (Å²) in [4.78, 5) is 16.7. The number of nitrogens with zero attached hydrogens (tertiary/aromatic N) is 3. The first kappa shape index (κ1) is 19.6. The summed E-state index contributed by atoms with van der Waals surface area (Å²) in [6, 6.07) is 13.1. The molecule has 0 radical (unpaired) electrons. The second-order valence-corrected chi connectivity index (χ2v) is 7.24. The molecule has 1 fully saturated rings. The molecule has 1 saturated carbocycles. The van der Waals surface area contributed by atoms with E-state index in [9.17, 15) is 9.18 Å². The summed E-state index contributed by atoms with van der Waals surface area (Å²) in [7, 11) is 0. The van der Waals surface area contributed by atoms with Gasteiger partial charge < -0.3 is 10.1 Å². The van der Waals surface area contributed by atoms with Gasteiger partial charge in [-0.1, -0.05) is 0 Å². The maximum atomic E-state index is 13.1. The zero-order chi connectivity index (χ0) is 20.9. The van der Waals surface area contributed by atoms with Crippen LogP contribution in [0.2, 0.25) is 0 Å². The molecular weight excluding hydrogens is 385 g/mol. The van der Waals surface area contributed by atoms with Crippen LogP contribution < -0.4 is 10.1 Å². The Labute approximate surface area is 172 Å². The fourth-order valence-corrected chi connectivity index (χ4v) is 3.48. The largest absolute Gasteiger partial charge is 0.474 e. The summed E-state index contributed by atoms with van der Waals surface area (Å²) in [5.74, 6) is -0.0249. The molecule has 30 heavy (non-hydrogen) atoms. The van der Waals surface area contributed by atoms with E-state index in [1.54, 1.807) is 30.3 Å². The zero-order valence-electron chi connectivity index (χ0n) is 16.1. The van der Waals surface area contributed by atoms with Crippen LogP contribution in [0, 0.1) is 17.1 Å². The van der Waals surface area contributed by atoms with E-state index in [2.05, 4.69) is 20.5 Å². The number of ether oxygens (including phenoxy) is 1. The lowest BCUT2D eigenvalue weighted by atomic mass is 9.93. The number of aromatic amines is 1. The topological polar surface area (TPSA) is 104 Å². The third-order valence-electron chi connectivity index (χ3n) is 5.12. The third-order valence-corrected chi connectivity index (χ3v) is 5.12. The Morgan fingerprint density at radius 2 is 1.93 bits per heavy atom. The molecule has 1 aromatic carbocycles. The van der Waals surface area contributed by atoms with Crippen LogP contribution >= 0.6 is 0 Å². The first-order valence-corrected chi connectivity index (χ1v) is 9.76. The number of rotatable bonds is 5. The number of halogens is 1. The number of hydrogen-bond donors (Lipinski definition) is 2. The van der Waals surface area contributed by atoms with Gasteiger partial charge >= 0.3 is 0 Å². The Morgan fingerprint density at radius 3 is 2.60 bits per heavy atom. The number of nitriles is 1. The van der Waals surface area contributed by atoms with Crippen molar-refractivity contribution < 1.29 is 13.9 Å². The highest BCUT2D eigenvalue weighted by atomic mass is 19.1. The predicted octanol–water partition coefficient (Wildman–Crippen LogP) is 3.60. The van der Waals surface area contributed by atoms with E-state index in [0.29, 0.717) is 22.8 Å². The molecule has 1 amide bonds. The SMILES string of the molecule is N#Cc1ccc(OC2CCC(NC(=O)c3cc(-c4ccc(F)cc4)n[nH]3)CC2)nc1. The molecule has 1 aliphatic carbocycles. The number of benzene rings is 1. The quantitative estimate of drug-likeness (QED) is 0.675. The van der Waals surface area contributed by atoms with Gasteiger partial charge in [-0.05, 0) is 62.1 Å². The lowest BCUT2D eigenvalue weighted by molar-refractivity contribution is 0.0885. The number of pyridine rings is 1. The van der Waals surface area contributed by atoms with Crippen LogP contribution in [0.25, 0.3) is 11.3 Å². The Morgan fingerprint density at radius 1 is 1.17 bits per heavy atom. The fourth-order valence-electron chi connectivity index (χ4n) is 3.48. The summed E-state index contributed by atoms with van der Waals surface area (Å²) in [5.41, 5.74) is 2.19. The number of carbonyl (C=O) groups is 1. The van der Waals surface area contributed by atoms with Gasteiger partial charge in [-0.25, -0.2) is 9.37 Å². The van der Waals surface area contributed by atoms with Gasteiger partial charge in [0.1, 0.15) is 23.7 Å². The molecule has 3 aromatic rings. The monoisotopic (exact) mass is 405 g/mol. The highest BCUT2D eigenvalue weighted by molar-refractivity contribution is 5.93. The van der Waals surface area contributed by atoms with Crippen molar-refractivity contribution >= 4 is 5.91 Å². The summed E-state index contributed by atoms with van der Waals surface area (Å²) in [6.45, 7) is 0. The molecule has 2 aromatic heterocycles. The van der Waals surface area contributed by atoms with E-state index >= 15 is 0 Å². The molecule has 2 N–H and O–H groups in total. The lowest BCUT2D eigenvalue weighted by Crippen LogP contribution is -2.39. The van der Waals surface area contributed by atoms with E-state index in [1.807, 2.05) is 6.07 Å². The van der Waals surface area contributed by atoms with Crippen LogP contribution in [-0.4, -0.2) is 33.2 Å². The number of H-pyrrole nitrogens is 1. The second kappa shape index (κ2) is 8.74. The number of aromatic nitrogens is 3. The number of nitrogens with one attached hydrogen (secondary N) is 2. The number of amides is 1. The second-order valence-electron chi connectivity index (χ2n) is 7.24. The van der Waals surface area contributed by atoms with Crippen LogP contribution in [0.15, 0.2) is 48.7 Å². The van der Waals surface area contributed by atoms with Gasteiger partial charge in [-0.15, -0.1) is 0 Å². The van der Waals surface area contributed by atoms with Crippen molar-refractivity contribution in [3.8, 4) is 23.2 Å². The van der Waals surface area contributed by atoms with Gasteiger partial charge in [-0.3, -0.25) is 9.89 Å². The minimum absolute atomic E-state index is 0.0378. The molecule has 152 valence electrons. The maximum Gasteiger partial charge on any atom is 0.269 e. The molecule has 2 heterocycles. The number of hydrogen-bond acceptors (Lipinski definition) is 5. The van der Waals surface area contributed by atoms with Crippen LogP contribution in [-0.2, 0) is 0 Å². The summed E-state index contributed by atoms with van der Waals surface area (Å²) in [5, 5.41) is 18.7. The van der Waals surface area contributed by atoms with E-state index in [4.69, 9.17) is 10.00 Å². The third kappa shape index (κ3) is 4.63. The molecule has 1 aliphatic rings. The van der Waals surface area contributed by atoms with E-state index in [1.165, 1.54) is 18.3 Å². The summed E-state index contributed by atoms with van der Waals surface area (Å²) in [6.07, 6.45) is 4.73. The number of carbonyl (C=O) groups excluding carboxylic acids is 1. The van der Waals surface area contributed by atoms with Crippen molar-refractivity contribution in [1.29, 1.82) is 5.26 Å². The van der Waals surface area contributed by atoms with Gasteiger partial charge in [-0.2, -0.15) is 10.4 Å². The minimum Gasteiger partial charge on any atom is -0.474 e. The Balaban J connectivity index is 1.28. The highest BCUT2D eigenvalue weighted by Crippen LogP contribution is 2.24. The molecule has 0 unspecified atom stereocenters. The van der Waals surface area contributed by atoms with Crippen molar-refractivity contribution in [2.24, 2.45) is 0 Å². The van der Waals surface area contributed by atoms with Gasteiger partial charge in [0.25, 0.3) is 5.91 Å². The molecule has 0 bridgehead atoms.